The Morgan fingerprint density at radius 1 is 1.56 bits per heavy atom. The molecule has 6 heteroatoms. The van der Waals surface area contributed by atoms with E-state index in [9.17, 15) is 4.79 Å². The number of carbonyl (C=O) groups is 1. The number of nitrogens with zero attached hydrogens (tertiary/aromatic N) is 3. The van der Waals surface area contributed by atoms with Crippen molar-refractivity contribution in [2.24, 2.45) is 0 Å². The average molecular weight is 241 g/mol. The van der Waals surface area contributed by atoms with Crippen molar-refractivity contribution in [3.63, 3.8) is 0 Å². The van der Waals surface area contributed by atoms with Gasteiger partial charge in [0.05, 0.1) is 13.5 Å². The summed E-state index contributed by atoms with van der Waals surface area (Å²) >= 11 is 1.56. The highest BCUT2D eigenvalue weighted by molar-refractivity contribution is 7.98. The minimum absolute atomic E-state index is 0.217. The normalized spacial score (nSPS) is 9.94. The first-order chi connectivity index (χ1) is 7.67. The zero-order valence-corrected chi connectivity index (χ0v) is 10.5. The molecule has 16 heavy (non-hydrogen) atoms. The fraction of sp³-hybridized carbons (Fsp3) is 0.500. The highest BCUT2D eigenvalue weighted by Crippen LogP contribution is 2.16. The number of aromatic nitrogens is 2. The van der Waals surface area contributed by atoms with E-state index in [1.807, 2.05) is 24.3 Å². The van der Waals surface area contributed by atoms with Crippen LogP contribution in [0.1, 0.15) is 6.42 Å². The molecule has 1 aromatic heterocycles. The van der Waals surface area contributed by atoms with E-state index in [2.05, 4.69) is 14.7 Å². The third kappa shape index (κ3) is 3.69. The Balaban J connectivity index is 2.58. The Hall–Kier alpha value is -1.30. The number of hydrogen-bond acceptors (Lipinski definition) is 6. The van der Waals surface area contributed by atoms with Gasteiger partial charge in [-0.15, -0.1) is 11.8 Å². The van der Waals surface area contributed by atoms with E-state index < -0.39 is 0 Å². The molecule has 0 aliphatic carbocycles. The molecule has 0 unspecified atom stereocenters. The first-order valence-corrected chi connectivity index (χ1v) is 6.04. The summed E-state index contributed by atoms with van der Waals surface area (Å²) in [6.07, 6.45) is 3.84. The summed E-state index contributed by atoms with van der Waals surface area (Å²) in [5.41, 5.74) is 0. The largest absolute Gasteiger partial charge is 0.469 e. The van der Waals surface area contributed by atoms with Gasteiger partial charge in [0.2, 0.25) is 0 Å². The zero-order valence-electron chi connectivity index (χ0n) is 9.64. The van der Waals surface area contributed by atoms with Crippen LogP contribution in [0.5, 0.6) is 0 Å². The van der Waals surface area contributed by atoms with E-state index in [0.29, 0.717) is 13.0 Å². The first kappa shape index (κ1) is 12.8. The lowest BCUT2D eigenvalue weighted by atomic mass is 10.4. The van der Waals surface area contributed by atoms with Crippen molar-refractivity contribution < 1.29 is 9.53 Å². The van der Waals surface area contributed by atoms with Crippen LogP contribution < -0.4 is 4.90 Å². The smallest absolute Gasteiger partial charge is 0.307 e. The summed E-state index contributed by atoms with van der Waals surface area (Å²) in [5.74, 6) is 0.592. The first-order valence-electron chi connectivity index (χ1n) is 4.81. The SMILES string of the molecule is COC(=O)CCN(C)c1cc(SC)ncn1. The predicted octanol–water partition coefficient (Wildman–Crippen LogP) is 1.20. The molecule has 0 amide bonds. The number of thioether (sulfide) groups is 1. The third-order valence-electron chi connectivity index (χ3n) is 2.11. The van der Waals surface area contributed by atoms with Gasteiger partial charge in [-0.3, -0.25) is 4.79 Å². The van der Waals surface area contributed by atoms with Crippen LogP contribution in [-0.2, 0) is 9.53 Å². The molecule has 0 aliphatic rings. The minimum Gasteiger partial charge on any atom is -0.469 e. The minimum atomic E-state index is -0.217. The van der Waals surface area contributed by atoms with Crippen molar-refractivity contribution >= 4 is 23.5 Å². The lowest BCUT2D eigenvalue weighted by Gasteiger charge is -2.17. The third-order valence-corrected chi connectivity index (χ3v) is 2.75. The van der Waals surface area contributed by atoms with Gasteiger partial charge in [0, 0.05) is 19.7 Å². The Kier molecular flexibility index (Phi) is 5.04. The lowest BCUT2D eigenvalue weighted by Crippen LogP contribution is -2.22. The highest BCUT2D eigenvalue weighted by atomic mass is 32.2. The van der Waals surface area contributed by atoms with Crippen LogP contribution >= 0.6 is 11.8 Å². The van der Waals surface area contributed by atoms with E-state index >= 15 is 0 Å². The molecule has 0 saturated carbocycles. The van der Waals surface area contributed by atoms with Gasteiger partial charge in [-0.25, -0.2) is 9.97 Å². The van der Waals surface area contributed by atoms with Gasteiger partial charge in [0.15, 0.2) is 0 Å². The summed E-state index contributed by atoms with van der Waals surface area (Å²) in [5, 5.41) is 0.912. The maximum absolute atomic E-state index is 11.0. The van der Waals surface area contributed by atoms with Gasteiger partial charge in [0.1, 0.15) is 17.2 Å². The van der Waals surface area contributed by atoms with Crippen LogP contribution in [0.25, 0.3) is 0 Å². The molecule has 0 bridgehead atoms. The van der Waals surface area contributed by atoms with Crippen molar-refractivity contribution in [1.82, 2.24) is 9.97 Å². The van der Waals surface area contributed by atoms with Crippen LogP contribution in [-0.4, -0.2) is 42.9 Å². The van der Waals surface area contributed by atoms with Gasteiger partial charge in [0.25, 0.3) is 0 Å². The van der Waals surface area contributed by atoms with E-state index in [-0.39, 0.29) is 5.97 Å². The Morgan fingerprint density at radius 2 is 2.31 bits per heavy atom. The van der Waals surface area contributed by atoms with Crippen molar-refractivity contribution in [2.75, 3.05) is 31.9 Å². The fourth-order valence-electron chi connectivity index (χ4n) is 1.13. The molecule has 0 aliphatic heterocycles. The second-order valence-electron chi connectivity index (χ2n) is 3.17. The molecule has 1 aromatic rings. The van der Waals surface area contributed by atoms with Crippen molar-refractivity contribution in [2.45, 2.75) is 11.4 Å². The van der Waals surface area contributed by atoms with Crippen molar-refractivity contribution in [3.05, 3.63) is 12.4 Å². The molecular formula is C10H15N3O2S. The van der Waals surface area contributed by atoms with Crippen molar-refractivity contribution in [1.29, 1.82) is 0 Å². The van der Waals surface area contributed by atoms with Crippen LogP contribution in [0, 0.1) is 0 Å². The molecule has 0 spiro atoms. The molecule has 5 nitrogen and oxygen atoms in total. The monoisotopic (exact) mass is 241 g/mol. The number of carbonyl (C=O) groups excluding carboxylic acids is 1. The van der Waals surface area contributed by atoms with Crippen LogP contribution in [0.2, 0.25) is 0 Å². The summed E-state index contributed by atoms with van der Waals surface area (Å²) < 4.78 is 4.58. The molecular weight excluding hydrogens is 226 g/mol. The number of ether oxygens (including phenoxy) is 1. The topological polar surface area (TPSA) is 55.3 Å². The summed E-state index contributed by atoms with van der Waals surface area (Å²) in [6, 6.07) is 1.89. The summed E-state index contributed by atoms with van der Waals surface area (Å²) in [7, 11) is 3.27. The molecule has 88 valence electrons. The number of methoxy groups -OCH3 is 1. The quantitative estimate of drug-likeness (QED) is 0.438. The Bertz CT molecular complexity index is 360. The molecule has 1 heterocycles. The summed E-state index contributed by atoms with van der Waals surface area (Å²) in [6.45, 7) is 0.581. The van der Waals surface area contributed by atoms with Gasteiger partial charge < -0.3 is 9.64 Å². The second-order valence-corrected chi connectivity index (χ2v) is 3.99. The standard InChI is InChI=1S/C10H15N3O2S/c1-13(5-4-10(14)15-2)8-6-9(16-3)12-7-11-8/h6-7H,4-5H2,1-3H3. The summed E-state index contributed by atoms with van der Waals surface area (Å²) in [4.78, 5) is 21.1. The predicted molar refractivity (Wildman–Crippen MR) is 63.7 cm³/mol. The molecule has 0 atom stereocenters. The van der Waals surface area contributed by atoms with Crippen LogP contribution in [0.15, 0.2) is 17.4 Å². The van der Waals surface area contributed by atoms with Gasteiger partial charge in [-0.2, -0.15) is 0 Å². The number of anilines is 1. The molecule has 0 fully saturated rings. The van der Waals surface area contributed by atoms with E-state index in [1.54, 1.807) is 11.8 Å². The van der Waals surface area contributed by atoms with E-state index in [0.717, 1.165) is 10.8 Å². The molecule has 0 N–H and O–H groups in total. The number of esters is 1. The number of rotatable bonds is 5. The average Bonchev–Trinajstić information content (AvgIpc) is 2.35. The molecule has 0 radical (unpaired) electrons. The van der Waals surface area contributed by atoms with Crippen LogP contribution in [0.4, 0.5) is 5.82 Å². The van der Waals surface area contributed by atoms with Gasteiger partial charge >= 0.3 is 5.97 Å². The highest BCUT2D eigenvalue weighted by Gasteiger charge is 2.07. The lowest BCUT2D eigenvalue weighted by molar-refractivity contribution is -0.140. The van der Waals surface area contributed by atoms with E-state index in [1.165, 1.54) is 13.4 Å². The number of hydrogen-bond donors (Lipinski definition) is 0. The molecule has 0 saturated heterocycles. The molecule has 0 aromatic carbocycles. The maximum Gasteiger partial charge on any atom is 0.307 e. The molecule has 1 rings (SSSR count). The van der Waals surface area contributed by atoms with E-state index in [4.69, 9.17) is 0 Å². The maximum atomic E-state index is 11.0. The Labute approximate surface area is 99.2 Å². The fourth-order valence-corrected chi connectivity index (χ4v) is 1.50. The zero-order chi connectivity index (χ0) is 12.0. The van der Waals surface area contributed by atoms with Crippen LogP contribution in [0.3, 0.4) is 0 Å². The van der Waals surface area contributed by atoms with Gasteiger partial charge in [-0.1, -0.05) is 0 Å². The Morgan fingerprint density at radius 3 is 2.94 bits per heavy atom. The van der Waals surface area contributed by atoms with Crippen molar-refractivity contribution in [3.8, 4) is 0 Å². The van der Waals surface area contributed by atoms with Gasteiger partial charge in [-0.05, 0) is 6.26 Å². The second kappa shape index (κ2) is 6.32.